The van der Waals surface area contributed by atoms with E-state index in [0.717, 1.165) is 0 Å². The monoisotopic (exact) mass is 223 g/mol. The molecular weight excluding hydrogens is 206 g/mol. The van der Waals surface area contributed by atoms with Crippen molar-refractivity contribution in [2.24, 2.45) is 11.7 Å². The zero-order valence-corrected chi connectivity index (χ0v) is 9.49. The Kier molecular flexibility index (Phi) is 4.25. The first-order valence-corrected chi connectivity index (χ1v) is 5.24. The van der Waals surface area contributed by atoms with Crippen LogP contribution in [0.4, 0.5) is 0 Å². The van der Waals surface area contributed by atoms with Crippen LogP contribution < -0.4 is 16.6 Å². The molecule has 1 amide bonds. The van der Waals surface area contributed by atoms with E-state index in [-0.39, 0.29) is 23.4 Å². The van der Waals surface area contributed by atoms with Crippen LogP contribution in [0.3, 0.4) is 0 Å². The Labute approximate surface area is 94.1 Å². The van der Waals surface area contributed by atoms with E-state index >= 15 is 0 Å². The van der Waals surface area contributed by atoms with Gasteiger partial charge in [-0.1, -0.05) is 6.92 Å². The number of carbonyl (C=O) groups is 1. The molecular formula is C11H17N3O2. The number of aromatic nitrogens is 1. The zero-order chi connectivity index (χ0) is 12.1. The van der Waals surface area contributed by atoms with Crippen molar-refractivity contribution in [3.05, 3.63) is 34.2 Å². The fraction of sp³-hybridized carbons (Fsp3) is 0.455. The number of nitrogens with two attached hydrogens (primary N) is 1. The van der Waals surface area contributed by atoms with Gasteiger partial charge in [0.15, 0.2) is 0 Å². The van der Waals surface area contributed by atoms with Crippen molar-refractivity contribution in [3.63, 3.8) is 0 Å². The molecule has 0 saturated heterocycles. The van der Waals surface area contributed by atoms with Crippen molar-refractivity contribution in [1.29, 1.82) is 0 Å². The predicted molar refractivity (Wildman–Crippen MR) is 62.2 cm³/mol. The highest BCUT2D eigenvalue weighted by atomic mass is 16.2. The summed E-state index contributed by atoms with van der Waals surface area (Å²) in [7, 11) is 0. The second-order valence-corrected chi connectivity index (χ2v) is 3.92. The molecule has 1 heterocycles. The number of nitrogens with one attached hydrogen (secondary N) is 2. The molecule has 1 aromatic heterocycles. The third-order valence-corrected chi connectivity index (χ3v) is 2.62. The lowest BCUT2D eigenvalue weighted by atomic mass is 10.0. The van der Waals surface area contributed by atoms with Crippen LogP contribution in [-0.2, 0) is 0 Å². The summed E-state index contributed by atoms with van der Waals surface area (Å²) in [6.07, 6.45) is 1.45. The molecule has 0 spiro atoms. The van der Waals surface area contributed by atoms with Crippen molar-refractivity contribution in [1.82, 2.24) is 10.3 Å². The summed E-state index contributed by atoms with van der Waals surface area (Å²) < 4.78 is 0. The first kappa shape index (κ1) is 12.4. The molecule has 0 aliphatic heterocycles. The Morgan fingerprint density at radius 3 is 2.81 bits per heavy atom. The van der Waals surface area contributed by atoms with Gasteiger partial charge in [-0.25, -0.2) is 0 Å². The summed E-state index contributed by atoms with van der Waals surface area (Å²) in [5, 5.41) is 2.80. The van der Waals surface area contributed by atoms with Crippen molar-refractivity contribution < 1.29 is 4.79 Å². The summed E-state index contributed by atoms with van der Waals surface area (Å²) in [5.74, 6) is -0.0511. The van der Waals surface area contributed by atoms with Gasteiger partial charge in [0.25, 0.3) is 5.91 Å². The first-order chi connectivity index (χ1) is 7.54. The number of H-pyrrole nitrogens is 1. The molecule has 0 aliphatic carbocycles. The molecule has 4 N–H and O–H groups in total. The fourth-order valence-electron chi connectivity index (χ4n) is 1.22. The first-order valence-electron chi connectivity index (χ1n) is 5.24. The Bertz CT molecular complexity index is 414. The molecule has 1 rings (SSSR count). The van der Waals surface area contributed by atoms with Crippen LogP contribution >= 0.6 is 0 Å². The van der Waals surface area contributed by atoms with Gasteiger partial charge in [0.1, 0.15) is 0 Å². The number of amides is 1. The lowest BCUT2D eigenvalue weighted by Gasteiger charge is -2.19. The van der Waals surface area contributed by atoms with Gasteiger partial charge in [0, 0.05) is 23.9 Å². The summed E-state index contributed by atoms with van der Waals surface area (Å²) in [6, 6.07) is 2.82. The minimum Gasteiger partial charge on any atom is -0.349 e. The fourth-order valence-corrected chi connectivity index (χ4v) is 1.22. The number of hydrogen-bond acceptors (Lipinski definition) is 3. The van der Waals surface area contributed by atoms with Crippen LogP contribution in [-0.4, -0.2) is 23.5 Å². The molecule has 88 valence electrons. The van der Waals surface area contributed by atoms with E-state index in [1.165, 1.54) is 12.3 Å². The van der Waals surface area contributed by atoms with Gasteiger partial charge in [0.2, 0.25) is 5.56 Å². The number of carbonyl (C=O) groups excluding carboxylic acids is 1. The standard InChI is InChI=1S/C11H17N3O2/c1-7(6-12)8(2)14-11(16)9-3-4-13-10(15)5-9/h3-5,7-8H,6,12H2,1-2H3,(H,13,15)(H,14,16). The normalized spacial score (nSPS) is 14.2. The molecule has 5 nitrogen and oxygen atoms in total. The molecule has 5 heteroatoms. The Morgan fingerprint density at radius 1 is 1.56 bits per heavy atom. The van der Waals surface area contributed by atoms with E-state index in [2.05, 4.69) is 10.3 Å². The Hall–Kier alpha value is -1.62. The number of pyridine rings is 1. The highest BCUT2D eigenvalue weighted by molar-refractivity contribution is 5.94. The van der Waals surface area contributed by atoms with Crippen molar-refractivity contribution in [2.45, 2.75) is 19.9 Å². The molecule has 0 fully saturated rings. The SMILES string of the molecule is CC(CN)C(C)NC(=O)c1cc[nH]c(=O)c1. The highest BCUT2D eigenvalue weighted by Gasteiger charge is 2.14. The van der Waals surface area contributed by atoms with E-state index in [9.17, 15) is 9.59 Å². The van der Waals surface area contributed by atoms with Crippen LogP contribution in [0.1, 0.15) is 24.2 Å². The van der Waals surface area contributed by atoms with Crippen molar-refractivity contribution in [2.75, 3.05) is 6.54 Å². The third-order valence-electron chi connectivity index (χ3n) is 2.62. The molecule has 16 heavy (non-hydrogen) atoms. The largest absolute Gasteiger partial charge is 0.349 e. The summed E-state index contributed by atoms with van der Waals surface area (Å²) in [5.41, 5.74) is 5.58. The van der Waals surface area contributed by atoms with Gasteiger partial charge >= 0.3 is 0 Å². The lowest BCUT2D eigenvalue weighted by Crippen LogP contribution is -2.40. The van der Waals surface area contributed by atoms with Gasteiger partial charge in [-0.05, 0) is 25.5 Å². The molecule has 0 radical (unpaired) electrons. The van der Waals surface area contributed by atoms with Crippen LogP contribution in [0.2, 0.25) is 0 Å². The molecule has 0 bridgehead atoms. The number of aromatic amines is 1. The average molecular weight is 223 g/mol. The van der Waals surface area contributed by atoms with Gasteiger partial charge in [-0.3, -0.25) is 9.59 Å². The molecule has 2 unspecified atom stereocenters. The minimum absolute atomic E-state index is 0.0169. The van der Waals surface area contributed by atoms with E-state index < -0.39 is 0 Å². The maximum absolute atomic E-state index is 11.7. The molecule has 0 aromatic carbocycles. The minimum atomic E-state index is -0.285. The van der Waals surface area contributed by atoms with E-state index in [4.69, 9.17) is 5.73 Å². The van der Waals surface area contributed by atoms with E-state index in [0.29, 0.717) is 12.1 Å². The molecule has 0 saturated carbocycles. The second-order valence-electron chi connectivity index (χ2n) is 3.92. The van der Waals surface area contributed by atoms with Crippen LogP contribution in [0, 0.1) is 5.92 Å². The molecule has 2 atom stereocenters. The quantitative estimate of drug-likeness (QED) is 0.676. The number of hydrogen-bond donors (Lipinski definition) is 3. The van der Waals surface area contributed by atoms with Crippen LogP contribution in [0.5, 0.6) is 0 Å². The van der Waals surface area contributed by atoms with Gasteiger partial charge < -0.3 is 16.0 Å². The predicted octanol–water partition coefficient (Wildman–Crippen LogP) is 0.0880. The average Bonchev–Trinajstić information content (AvgIpc) is 2.27. The highest BCUT2D eigenvalue weighted by Crippen LogP contribution is 2.01. The topological polar surface area (TPSA) is 88.0 Å². The lowest BCUT2D eigenvalue weighted by molar-refractivity contribution is 0.0929. The van der Waals surface area contributed by atoms with E-state index in [1.807, 2.05) is 13.8 Å². The van der Waals surface area contributed by atoms with Gasteiger partial charge in [0.05, 0.1) is 0 Å². The maximum atomic E-state index is 11.7. The van der Waals surface area contributed by atoms with Crippen molar-refractivity contribution in [3.8, 4) is 0 Å². The summed E-state index contributed by atoms with van der Waals surface area (Å²) in [4.78, 5) is 25.2. The second kappa shape index (κ2) is 5.46. The third kappa shape index (κ3) is 3.20. The van der Waals surface area contributed by atoms with Gasteiger partial charge in [-0.15, -0.1) is 0 Å². The molecule has 1 aromatic rings. The molecule has 0 aliphatic rings. The summed E-state index contributed by atoms with van der Waals surface area (Å²) >= 11 is 0. The Balaban J connectivity index is 2.69. The van der Waals surface area contributed by atoms with E-state index in [1.54, 1.807) is 6.07 Å². The number of rotatable bonds is 4. The van der Waals surface area contributed by atoms with Crippen LogP contribution in [0.25, 0.3) is 0 Å². The maximum Gasteiger partial charge on any atom is 0.251 e. The Morgan fingerprint density at radius 2 is 2.25 bits per heavy atom. The van der Waals surface area contributed by atoms with Gasteiger partial charge in [-0.2, -0.15) is 0 Å². The van der Waals surface area contributed by atoms with Crippen LogP contribution in [0.15, 0.2) is 23.1 Å². The van der Waals surface area contributed by atoms with Crippen molar-refractivity contribution >= 4 is 5.91 Å². The zero-order valence-electron chi connectivity index (χ0n) is 9.49. The smallest absolute Gasteiger partial charge is 0.251 e. The summed E-state index contributed by atoms with van der Waals surface area (Å²) in [6.45, 7) is 4.36.